The molecule has 6 nitrogen and oxygen atoms in total. The number of rotatable bonds is 7. The first-order valence-electron chi connectivity index (χ1n) is 6.07. The lowest BCUT2D eigenvalue weighted by Gasteiger charge is -2.36. The number of piperidine rings is 1. The zero-order chi connectivity index (χ0) is 12.7. The number of aliphatic carboxylic acids is 1. The number of carbonyl (C=O) groups is 1. The van der Waals surface area contributed by atoms with Crippen molar-refractivity contribution in [3.8, 4) is 0 Å². The van der Waals surface area contributed by atoms with E-state index in [1.165, 1.54) is 0 Å². The van der Waals surface area contributed by atoms with E-state index in [9.17, 15) is 4.79 Å². The molecule has 1 heterocycles. The lowest BCUT2D eigenvalue weighted by atomic mass is 9.94. The van der Waals surface area contributed by atoms with Gasteiger partial charge in [-0.15, -0.1) is 0 Å². The Labute approximate surface area is 101 Å². The average molecular weight is 246 g/mol. The largest absolute Gasteiger partial charge is 0.481 e. The van der Waals surface area contributed by atoms with Crippen LogP contribution in [0.3, 0.4) is 0 Å². The molecule has 2 unspecified atom stereocenters. The molecule has 1 rings (SSSR count). The first-order valence-corrected chi connectivity index (χ1v) is 6.07. The van der Waals surface area contributed by atoms with Crippen LogP contribution in [0.5, 0.6) is 0 Å². The maximum Gasteiger partial charge on any atom is 0.307 e. The Hall–Kier alpha value is -0.690. The van der Waals surface area contributed by atoms with E-state index in [1.54, 1.807) is 0 Å². The Morgan fingerprint density at radius 2 is 2.06 bits per heavy atom. The number of hydrogen-bond donors (Lipinski definition) is 4. The number of carboxylic acid groups (broad SMARTS) is 1. The second-order valence-electron chi connectivity index (χ2n) is 4.48. The van der Waals surface area contributed by atoms with Crippen molar-refractivity contribution in [1.29, 1.82) is 0 Å². The summed E-state index contributed by atoms with van der Waals surface area (Å²) < 4.78 is 0. The van der Waals surface area contributed by atoms with Gasteiger partial charge in [-0.1, -0.05) is 0 Å². The molecule has 0 radical (unpaired) electrons. The van der Waals surface area contributed by atoms with Crippen molar-refractivity contribution in [2.45, 2.75) is 18.9 Å². The maximum absolute atomic E-state index is 11.0. The topological polar surface area (TPSA) is 93.0 Å². The van der Waals surface area contributed by atoms with Crippen molar-refractivity contribution in [3.05, 3.63) is 0 Å². The van der Waals surface area contributed by atoms with Gasteiger partial charge >= 0.3 is 5.97 Å². The van der Waals surface area contributed by atoms with Gasteiger partial charge in [0, 0.05) is 32.3 Å². The third-order valence-corrected chi connectivity index (χ3v) is 3.06. The zero-order valence-electron chi connectivity index (χ0n) is 10.0. The SMILES string of the molecule is O=C(O)C1CC(NCCCO)CN(CCO)C1. The van der Waals surface area contributed by atoms with Gasteiger partial charge in [0.25, 0.3) is 0 Å². The van der Waals surface area contributed by atoms with Crippen molar-refractivity contribution >= 4 is 5.97 Å². The fourth-order valence-corrected chi connectivity index (χ4v) is 2.23. The number of likely N-dealkylation sites (tertiary alicyclic amines) is 1. The molecule has 100 valence electrons. The fraction of sp³-hybridized carbons (Fsp3) is 0.909. The van der Waals surface area contributed by atoms with E-state index in [-0.39, 0.29) is 25.2 Å². The Balaban J connectivity index is 2.43. The highest BCUT2D eigenvalue weighted by atomic mass is 16.4. The molecule has 0 aromatic heterocycles. The van der Waals surface area contributed by atoms with Crippen LogP contribution < -0.4 is 5.32 Å². The Morgan fingerprint density at radius 3 is 2.65 bits per heavy atom. The predicted octanol–water partition coefficient (Wildman–Crippen LogP) is -1.27. The van der Waals surface area contributed by atoms with Crippen LogP contribution in [-0.2, 0) is 4.79 Å². The van der Waals surface area contributed by atoms with Gasteiger partial charge in [-0.05, 0) is 19.4 Å². The Morgan fingerprint density at radius 1 is 1.29 bits per heavy atom. The number of nitrogens with zero attached hydrogens (tertiary/aromatic N) is 1. The summed E-state index contributed by atoms with van der Waals surface area (Å²) in [6, 6.07) is 0.128. The smallest absolute Gasteiger partial charge is 0.307 e. The first-order chi connectivity index (χ1) is 8.17. The zero-order valence-corrected chi connectivity index (χ0v) is 10.0. The Kier molecular flexibility index (Phi) is 6.43. The summed E-state index contributed by atoms with van der Waals surface area (Å²) in [6.07, 6.45) is 1.29. The number of hydrogen-bond acceptors (Lipinski definition) is 5. The van der Waals surface area contributed by atoms with E-state index in [1.807, 2.05) is 4.90 Å². The molecule has 0 aliphatic carbocycles. The maximum atomic E-state index is 11.0. The summed E-state index contributed by atoms with van der Waals surface area (Å²) in [4.78, 5) is 13.0. The van der Waals surface area contributed by atoms with Gasteiger partial charge in [0.1, 0.15) is 0 Å². The molecule has 0 amide bonds. The molecular formula is C11H22N2O4. The van der Waals surface area contributed by atoms with Crippen LogP contribution in [0.1, 0.15) is 12.8 Å². The number of carboxylic acids is 1. The average Bonchev–Trinajstić information content (AvgIpc) is 2.29. The van der Waals surface area contributed by atoms with Crippen molar-refractivity contribution in [3.63, 3.8) is 0 Å². The molecule has 1 aliphatic rings. The van der Waals surface area contributed by atoms with Gasteiger partial charge in [-0.3, -0.25) is 9.69 Å². The molecule has 4 N–H and O–H groups in total. The molecule has 0 bridgehead atoms. The summed E-state index contributed by atoms with van der Waals surface area (Å²) in [5.74, 6) is -1.15. The summed E-state index contributed by atoms with van der Waals surface area (Å²) in [5, 5.41) is 29.9. The number of aliphatic hydroxyl groups excluding tert-OH is 2. The van der Waals surface area contributed by atoms with Crippen molar-refractivity contribution in [2.24, 2.45) is 5.92 Å². The molecule has 1 saturated heterocycles. The Bertz CT molecular complexity index is 238. The van der Waals surface area contributed by atoms with Crippen molar-refractivity contribution in [2.75, 3.05) is 39.4 Å². The highest BCUT2D eigenvalue weighted by Crippen LogP contribution is 2.17. The predicted molar refractivity (Wildman–Crippen MR) is 62.8 cm³/mol. The molecule has 2 atom stereocenters. The third kappa shape index (κ3) is 4.99. The second kappa shape index (κ2) is 7.60. The molecular weight excluding hydrogens is 224 g/mol. The lowest BCUT2D eigenvalue weighted by Crippen LogP contribution is -2.51. The van der Waals surface area contributed by atoms with Crippen LogP contribution in [0, 0.1) is 5.92 Å². The summed E-state index contributed by atoms with van der Waals surface area (Å²) >= 11 is 0. The number of aliphatic hydroxyl groups is 2. The molecule has 17 heavy (non-hydrogen) atoms. The number of nitrogens with one attached hydrogen (secondary N) is 1. The van der Waals surface area contributed by atoms with Crippen LogP contribution in [0.15, 0.2) is 0 Å². The molecule has 1 aliphatic heterocycles. The lowest BCUT2D eigenvalue weighted by molar-refractivity contribution is -0.144. The van der Waals surface area contributed by atoms with E-state index < -0.39 is 5.97 Å². The van der Waals surface area contributed by atoms with Gasteiger partial charge < -0.3 is 20.6 Å². The number of β-amino-alcohol motifs (C(OH)–C–C–N with tert-alkyl or cyclic N) is 1. The van der Waals surface area contributed by atoms with Crippen LogP contribution in [0.4, 0.5) is 0 Å². The van der Waals surface area contributed by atoms with Gasteiger partial charge in [-0.2, -0.15) is 0 Å². The van der Waals surface area contributed by atoms with Crippen molar-refractivity contribution < 1.29 is 20.1 Å². The van der Waals surface area contributed by atoms with Crippen LogP contribution in [0.25, 0.3) is 0 Å². The molecule has 0 saturated carbocycles. The van der Waals surface area contributed by atoms with E-state index >= 15 is 0 Å². The monoisotopic (exact) mass is 246 g/mol. The highest BCUT2D eigenvalue weighted by Gasteiger charge is 2.30. The third-order valence-electron chi connectivity index (χ3n) is 3.06. The van der Waals surface area contributed by atoms with Crippen LogP contribution in [0.2, 0.25) is 0 Å². The van der Waals surface area contributed by atoms with Gasteiger partial charge in [-0.25, -0.2) is 0 Å². The molecule has 0 aromatic carbocycles. The minimum absolute atomic E-state index is 0.0513. The van der Waals surface area contributed by atoms with Crippen LogP contribution in [-0.4, -0.2) is 71.6 Å². The summed E-state index contributed by atoms with van der Waals surface area (Å²) in [5.41, 5.74) is 0. The standard InChI is InChI=1S/C11H22N2O4/c14-4-1-2-12-10-6-9(11(16)17)7-13(8-10)3-5-15/h9-10,12,14-15H,1-8H2,(H,16,17). The van der Waals surface area contributed by atoms with Gasteiger partial charge in [0.05, 0.1) is 12.5 Å². The molecule has 1 fully saturated rings. The normalized spacial score (nSPS) is 26.0. The van der Waals surface area contributed by atoms with E-state index in [2.05, 4.69) is 5.32 Å². The van der Waals surface area contributed by atoms with E-state index in [4.69, 9.17) is 15.3 Å². The molecule has 0 aromatic rings. The molecule has 0 spiro atoms. The van der Waals surface area contributed by atoms with Gasteiger partial charge in [0.2, 0.25) is 0 Å². The van der Waals surface area contributed by atoms with E-state index in [0.717, 1.165) is 6.54 Å². The van der Waals surface area contributed by atoms with Gasteiger partial charge in [0.15, 0.2) is 0 Å². The van der Waals surface area contributed by atoms with E-state index in [0.29, 0.717) is 32.5 Å². The minimum Gasteiger partial charge on any atom is -0.481 e. The highest BCUT2D eigenvalue weighted by molar-refractivity contribution is 5.70. The fourth-order valence-electron chi connectivity index (χ4n) is 2.23. The van der Waals surface area contributed by atoms with Crippen molar-refractivity contribution in [1.82, 2.24) is 10.2 Å². The minimum atomic E-state index is -0.776. The van der Waals surface area contributed by atoms with Crippen LogP contribution >= 0.6 is 0 Å². The summed E-state index contributed by atoms with van der Waals surface area (Å²) in [7, 11) is 0. The summed E-state index contributed by atoms with van der Waals surface area (Å²) in [6.45, 7) is 2.67. The quantitative estimate of drug-likeness (QED) is 0.418. The first kappa shape index (κ1) is 14.4. The molecule has 6 heteroatoms. The second-order valence-corrected chi connectivity index (χ2v) is 4.48.